The molecule has 0 bridgehead atoms. The minimum absolute atomic E-state index is 0.0204. The van der Waals surface area contributed by atoms with Gasteiger partial charge in [0.05, 0.1) is 35.8 Å². The fraction of sp³-hybridized carbons (Fsp3) is 0.414. The molecule has 0 saturated carbocycles. The number of hydrogen-bond donors (Lipinski definition) is 3. The molecule has 4 N–H and O–H groups in total. The van der Waals surface area contributed by atoms with E-state index >= 15 is 8.78 Å². The van der Waals surface area contributed by atoms with E-state index in [0.717, 1.165) is 37.1 Å². The van der Waals surface area contributed by atoms with Crippen LogP contribution in [0.25, 0.3) is 11.3 Å². The fourth-order valence-electron chi connectivity index (χ4n) is 5.19. The van der Waals surface area contributed by atoms with Gasteiger partial charge in [-0.05, 0) is 37.0 Å². The quantitative estimate of drug-likeness (QED) is 0.392. The number of nitrogens with one attached hydrogen (secondary N) is 1. The smallest absolute Gasteiger partial charge is 0.274 e. The molecular formula is C29H32F3N5O4. The molecule has 2 aliphatic heterocycles. The number of hydrogen-bond acceptors (Lipinski definition) is 8. The van der Waals surface area contributed by atoms with Crippen molar-refractivity contribution in [3.63, 3.8) is 0 Å². The minimum Gasteiger partial charge on any atom is -0.493 e. The normalized spacial score (nSPS) is 21.5. The van der Waals surface area contributed by atoms with Crippen LogP contribution < -0.4 is 20.7 Å². The molecule has 1 aromatic carbocycles. The number of benzene rings is 1. The molecule has 0 spiro atoms. The summed E-state index contributed by atoms with van der Waals surface area (Å²) in [7, 11) is 0. The second-order valence-electron chi connectivity index (χ2n) is 10.5. The molecule has 3 atom stereocenters. The number of aromatic nitrogens is 2. The Morgan fingerprint density at radius 3 is 2.59 bits per heavy atom. The van der Waals surface area contributed by atoms with E-state index < -0.39 is 46.8 Å². The maximum atomic E-state index is 15.1. The highest BCUT2D eigenvalue weighted by Crippen LogP contribution is 2.32. The molecule has 2 aromatic heterocycles. The van der Waals surface area contributed by atoms with Crippen LogP contribution in [0.1, 0.15) is 30.3 Å². The van der Waals surface area contributed by atoms with Gasteiger partial charge in [-0.3, -0.25) is 9.78 Å². The lowest BCUT2D eigenvalue weighted by molar-refractivity contribution is 0.0496. The van der Waals surface area contributed by atoms with Gasteiger partial charge in [-0.15, -0.1) is 0 Å². The molecule has 3 aromatic rings. The standard InChI is InChI=1S/C29H32F3N5O4/c1-16-13-37(14-22(33)28(16)38)25-4-7-34-12-24(25)36-29(39)23-3-2-19(30)27(35-23)26-20(31)10-18(11-21(26)32)41-15-17-5-8-40-9-6-17/h2-4,7,10-12,16-17,22,28,38H,5-6,8-9,13-15,33H2,1H3,(H,36,39). The molecule has 12 heteroatoms. The Morgan fingerprint density at radius 2 is 1.88 bits per heavy atom. The highest BCUT2D eigenvalue weighted by atomic mass is 19.1. The Kier molecular flexibility index (Phi) is 8.71. The summed E-state index contributed by atoms with van der Waals surface area (Å²) in [4.78, 5) is 23.1. The van der Waals surface area contributed by atoms with Gasteiger partial charge in [0.15, 0.2) is 0 Å². The van der Waals surface area contributed by atoms with E-state index in [4.69, 9.17) is 15.2 Å². The Morgan fingerprint density at radius 1 is 1.15 bits per heavy atom. The number of piperidine rings is 1. The molecule has 2 fully saturated rings. The van der Waals surface area contributed by atoms with Crippen LogP contribution in [0, 0.1) is 29.3 Å². The minimum atomic E-state index is -1.07. The van der Waals surface area contributed by atoms with E-state index in [1.54, 1.807) is 12.3 Å². The number of halogens is 3. The second kappa shape index (κ2) is 12.4. The van der Waals surface area contributed by atoms with Crippen LogP contribution in [0.5, 0.6) is 5.75 Å². The van der Waals surface area contributed by atoms with Crippen LogP contribution in [0.2, 0.25) is 0 Å². The number of rotatable bonds is 7. The number of pyridine rings is 2. The predicted molar refractivity (Wildman–Crippen MR) is 146 cm³/mol. The summed E-state index contributed by atoms with van der Waals surface area (Å²) in [6.45, 7) is 4.23. The first-order valence-electron chi connectivity index (χ1n) is 13.5. The third-order valence-electron chi connectivity index (χ3n) is 7.51. The van der Waals surface area contributed by atoms with Gasteiger partial charge < -0.3 is 30.5 Å². The lowest BCUT2D eigenvalue weighted by atomic mass is 9.92. The first-order valence-corrected chi connectivity index (χ1v) is 13.5. The van der Waals surface area contributed by atoms with Gasteiger partial charge in [0.2, 0.25) is 0 Å². The van der Waals surface area contributed by atoms with Gasteiger partial charge in [-0.2, -0.15) is 0 Å². The molecule has 0 aliphatic carbocycles. The number of carbonyl (C=O) groups excluding carboxylic acids is 1. The Hall–Kier alpha value is -3.74. The Balaban J connectivity index is 1.35. The molecule has 3 unspecified atom stereocenters. The van der Waals surface area contributed by atoms with Crippen molar-refractivity contribution >= 4 is 17.3 Å². The lowest BCUT2D eigenvalue weighted by Crippen LogP contribution is -2.55. The Bertz CT molecular complexity index is 1370. The number of ether oxygens (including phenoxy) is 2. The second-order valence-corrected chi connectivity index (χ2v) is 10.5. The molecule has 218 valence electrons. The van der Waals surface area contributed by atoms with E-state index in [-0.39, 0.29) is 29.9 Å². The van der Waals surface area contributed by atoms with Gasteiger partial charge in [0, 0.05) is 56.6 Å². The van der Waals surface area contributed by atoms with Gasteiger partial charge in [0.1, 0.15) is 34.6 Å². The van der Waals surface area contributed by atoms with Crippen molar-refractivity contribution in [2.75, 3.05) is 43.1 Å². The number of aliphatic hydroxyl groups excluding tert-OH is 1. The van der Waals surface area contributed by atoms with E-state index in [0.29, 0.717) is 37.7 Å². The maximum absolute atomic E-state index is 15.1. The van der Waals surface area contributed by atoms with Gasteiger partial charge in [0.25, 0.3) is 5.91 Å². The van der Waals surface area contributed by atoms with Crippen molar-refractivity contribution < 1.29 is 32.5 Å². The summed E-state index contributed by atoms with van der Waals surface area (Å²) in [6, 6.07) is 5.24. The molecule has 2 aliphatic rings. The summed E-state index contributed by atoms with van der Waals surface area (Å²) in [5, 5.41) is 12.9. The summed E-state index contributed by atoms with van der Waals surface area (Å²) >= 11 is 0. The molecule has 5 rings (SSSR count). The van der Waals surface area contributed by atoms with Crippen molar-refractivity contribution in [3.8, 4) is 17.0 Å². The van der Waals surface area contributed by atoms with E-state index in [1.807, 2.05) is 11.8 Å². The topological polar surface area (TPSA) is 123 Å². The zero-order chi connectivity index (χ0) is 29.1. The lowest BCUT2D eigenvalue weighted by Gasteiger charge is -2.40. The van der Waals surface area contributed by atoms with Crippen LogP contribution >= 0.6 is 0 Å². The molecular weight excluding hydrogens is 539 g/mol. The fourth-order valence-corrected chi connectivity index (χ4v) is 5.19. The van der Waals surface area contributed by atoms with Gasteiger partial charge >= 0.3 is 0 Å². The Labute approximate surface area is 235 Å². The number of nitrogens with two attached hydrogens (primary N) is 1. The molecule has 41 heavy (non-hydrogen) atoms. The van der Waals surface area contributed by atoms with E-state index in [2.05, 4.69) is 15.3 Å². The number of amides is 1. The van der Waals surface area contributed by atoms with Crippen molar-refractivity contribution in [3.05, 3.63) is 65.9 Å². The third-order valence-corrected chi connectivity index (χ3v) is 7.51. The zero-order valence-corrected chi connectivity index (χ0v) is 22.5. The van der Waals surface area contributed by atoms with Gasteiger partial charge in [-0.1, -0.05) is 6.92 Å². The van der Waals surface area contributed by atoms with Crippen LogP contribution in [0.15, 0.2) is 42.7 Å². The largest absolute Gasteiger partial charge is 0.493 e. The average Bonchev–Trinajstić information content (AvgIpc) is 2.96. The highest BCUT2D eigenvalue weighted by Gasteiger charge is 2.32. The van der Waals surface area contributed by atoms with E-state index in [1.165, 1.54) is 6.20 Å². The van der Waals surface area contributed by atoms with Crippen molar-refractivity contribution in [2.45, 2.75) is 31.9 Å². The van der Waals surface area contributed by atoms with E-state index in [9.17, 15) is 14.3 Å². The van der Waals surface area contributed by atoms with Gasteiger partial charge in [-0.25, -0.2) is 18.2 Å². The predicted octanol–water partition coefficient (Wildman–Crippen LogP) is 3.76. The van der Waals surface area contributed by atoms with Crippen LogP contribution in [0.3, 0.4) is 0 Å². The number of anilines is 2. The summed E-state index contributed by atoms with van der Waals surface area (Å²) in [5.74, 6) is -3.77. The molecule has 0 radical (unpaired) electrons. The monoisotopic (exact) mass is 571 g/mol. The number of carbonyl (C=O) groups is 1. The molecule has 9 nitrogen and oxygen atoms in total. The molecule has 2 saturated heterocycles. The van der Waals surface area contributed by atoms with Crippen molar-refractivity contribution in [1.29, 1.82) is 0 Å². The van der Waals surface area contributed by atoms with Crippen molar-refractivity contribution in [1.82, 2.24) is 9.97 Å². The maximum Gasteiger partial charge on any atom is 0.274 e. The highest BCUT2D eigenvalue weighted by molar-refractivity contribution is 6.04. The van der Waals surface area contributed by atoms with Crippen molar-refractivity contribution in [2.24, 2.45) is 17.6 Å². The SMILES string of the molecule is CC1CN(c2ccncc2NC(=O)c2ccc(F)c(-c3c(F)cc(OCC4CCOCC4)cc3F)n2)CC(N)C1O. The first-order chi connectivity index (χ1) is 19.7. The molecule has 1 amide bonds. The zero-order valence-electron chi connectivity index (χ0n) is 22.5. The van der Waals surface area contributed by atoms with Crippen LogP contribution in [-0.4, -0.2) is 66.0 Å². The summed E-state index contributed by atoms with van der Waals surface area (Å²) < 4.78 is 55.9. The summed E-state index contributed by atoms with van der Waals surface area (Å²) in [5.41, 5.74) is 5.46. The number of aliphatic hydroxyl groups is 1. The van der Waals surface area contributed by atoms with Crippen LogP contribution in [-0.2, 0) is 4.74 Å². The van der Waals surface area contributed by atoms with Crippen LogP contribution in [0.4, 0.5) is 24.5 Å². The summed E-state index contributed by atoms with van der Waals surface area (Å²) in [6.07, 6.45) is 3.93. The first kappa shape index (κ1) is 28.8. The third kappa shape index (κ3) is 6.45. The number of nitrogens with zero attached hydrogens (tertiary/aromatic N) is 3. The molecule has 4 heterocycles. The average molecular weight is 572 g/mol.